The van der Waals surface area contributed by atoms with E-state index in [0.717, 1.165) is 44.8 Å². The van der Waals surface area contributed by atoms with Gasteiger partial charge in [0.15, 0.2) is 0 Å². The van der Waals surface area contributed by atoms with Crippen molar-refractivity contribution in [2.24, 2.45) is 0 Å². The number of hydrogen-bond donors (Lipinski definition) is 4. The van der Waals surface area contributed by atoms with Crippen molar-refractivity contribution in [2.45, 2.75) is 44.6 Å². The van der Waals surface area contributed by atoms with Crippen LogP contribution in [0.4, 0.5) is 11.6 Å². The molecule has 1 aromatic heterocycles. The zero-order valence-electron chi connectivity index (χ0n) is 17.4. The molecule has 2 fully saturated rings. The first-order chi connectivity index (χ1) is 14.1. The van der Waals surface area contributed by atoms with Gasteiger partial charge in [0.05, 0.1) is 6.61 Å². The van der Waals surface area contributed by atoms with E-state index in [2.05, 4.69) is 20.4 Å². The van der Waals surface area contributed by atoms with Gasteiger partial charge < -0.3 is 25.5 Å². The standard InChI is InChI=1S/C21H34N6O2/c1-23-20-17(6-7-18(25-20)27-10-4-2-3-5-11-27)19(22)21(29)24-16-8-12-26(13-9-16)14-15-28/h6-7,16,22,28H,2-5,8-15H2,1H3,(H,23,25)(H,24,29). The molecule has 4 N–H and O–H groups in total. The molecule has 2 saturated heterocycles. The molecular weight excluding hydrogens is 368 g/mol. The third-order valence-electron chi connectivity index (χ3n) is 5.88. The molecule has 3 heterocycles. The first kappa shape index (κ1) is 21.5. The van der Waals surface area contributed by atoms with Crippen molar-refractivity contribution in [3.05, 3.63) is 17.7 Å². The topological polar surface area (TPSA) is 105 Å². The predicted octanol–water partition coefficient (Wildman–Crippen LogP) is 1.44. The molecule has 0 aromatic carbocycles. The van der Waals surface area contributed by atoms with Crippen LogP contribution in [0.5, 0.6) is 0 Å². The first-order valence-electron chi connectivity index (χ1n) is 10.8. The van der Waals surface area contributed by atoms with E-state index in [1.807, 2.05) is 12.1 Å². The first-order valence-corrected chi connectivity index (χ1v) is 10.8. The maximum Gasteiger partial charge on any atom is 0.270 e. The monoisotopic (exact) mass is 402 g/mol. The molecule has 0 saturated carbocycles. The average molecular weight is 403 g/mol. The van der Waals surface area contributed by atoms with Crippen molar-refractivity contribution in [1.82, 2.24) is 15.2 Å². The SMILES string of the molecule is CNc1nc(N2CCCCCC2)ccc1C(=N)C(=O)NC1CCN(CCO)CC1. The number of amides is 1. The lowest BCUT2D eigenvalue weighted by molar-refractivity contribution is -0.115. The summed E-state index contributed by atoms with van der Waals surface area (Å²) < 4.78 is 0. The molecule has 0 unspecified atom stereocenters. The average Bonchev–Trinajstić information content (AvgIpc) is 3.04. The molecule has 2 aliphatic rings. The Hall–Kier alpha value is -2.19. The van der Waals surface area contributed by atoms with Gasteiger partial charge >= 0.3 is 0 Å². The maximum absolute atomic E-state index is 12.7. The quantitative estimate of drug-likeness (QED) is 0.515. The minimum absolute atomic E-state index is 0.0537. The van der Waals surface area contributed by atoms with Gasteiger partial charge in [-0.05, 0) is 37.8 Å². The van der Waals surface area contributed by atoms with Crippen LogP contribution in [-0.2, 0) is 4.79 Å². The molecule has 160 valence electrons. The number of aliphatic hydroxyl groups is 1. The lowest BCUT2D eigenvalue weighted by Crippen LogP contribution is -2.47. The normalized spacial score (nSPS) is 18.9. The Bertz CT molecular complexity index is 694. The summed E-state index contributed by atoms with van der Waals surface area (Å²) in [6, 6.07) is 3.83. The third kappa shape index (κ3) is 5.67. The summed E-state index contributed by atoms with van der Waals surface area (Å²) in [5.41, 5.74) is 0.475. The van der Waals surface area contributed by atoms with E-state index >= 15 is 0 Å². The zero-order valence-corrected chi connectivity index (χ0v) is 17.4. The Kier molecular flexibility index (Phi) is 7.83. The third-order valence-corrected chi connectivity index (χ3v) is 5.88. The number of aromatic nitrogens is 1. The molecule has 3 rings (SSSR count). The number of likely N-dealkylation sites (tertiary alicyclic amines) is 1. The Morgan fingerprint density at radius 2 is 1.86 bits per heavy atom. The molecule has 0 atom stereocenters. The Balaban J connectivity index is 1.62. The number of rotatable bonds is 7. The van der Waals surface area contributed by atoms with Crippen LogP contribution in [-0.4, -0.2) is 79.0 Å². The van der Waals surface area contributed by atoms with Crippen LogP contribution in [0.2, 0.25) is 0 Å². The second-order valence-electron chi connectivity index (χ2n) is 7.90. The van der Waals surface area contributed by atoms with Crippen LogP contribution in [0.3, 0.4) is 0 Å². The minimum Gasteiger partial charge on any atom is -0.395 e. The van der Waals surface area contributed by atoms with E-state index in [9.17, 15) is 4.79 Å². The molecule has 29 heavy (non-hydrogen) atoms. The van der Waals surface area contributed by atoms with Crippen molar-refractivity contribution in [2.75, 3.05) is 56.6 Å². The number of hydrogen-bond acceptors (Lipinski definition) is 7. The fourth-order valence-electron chi connectivity index (χ4n) is 4.14. The summed E-state index contributed by atoms with van der Waals surface area (Å²) in [7, 11) is 1.78. The highest BCUT2D eigenvalue weighted by Crippen LogP contribution is 2.22. The molecule has 0 aliphatic carbocycles. The molecule has 1 amide bonds. The van der Waals surface area contributed by atoms with Crippen molar-refractivity contribution in [1.29, 1.82) is 5.41 Å². The smallest absolute Gasteiger partial charge is 0.270 e. The summed E-state index contributed by atoms with van der Waals surface area (Å²) in [5.74, 6) is 1.13. The number of carbonyl (C=O) groups is 1. The summed E-state index contributed by atoms with van der Waals surface area (Å²) in [5, 5.41) is 23.5. The molecular formula is C21H34N6O2. The summed E-state index contributed by atoms with van der Waals surface area (Å²) in [4.78, 5) is 21.9. The summed E-state index contributed by atoms with van der Waals surface area (Å²) >= 11 is 0. The van der Waals surface area contributed by atoms with E-state index < -0.39 is 0 Å². The Morgan fingerprint density at radius 1 is 1.17 bits per heavy atom. The van der Waals surface area contributed by atoms with Gasteiger partial charge in [-0.2, -0.15) is 0 Å². The minimum atomic E-state index is -0.355. The number of aliphatic hydroxyl groups excluding tert-OH is 1. The largest absolute Gasteiger partial charge is 0.395 e. The van der Waals surface area contributed by atoms with E-state index in [0.29, 0.717) is 17.9 Å². The predicted molar refractivity (Wildman–Crippen MR) is 116 cm³/mol. The van der Waals surface area contributed by atoms with E-state index in [4.69, 9.17) is 15.5 Å². The highest BCUT2D eigenvalue weighted by molar-refractivity contribution is 6.45. The highest BCUT2D eigenvalue weighted by atomic mass is 16.3. The molecule has 8 nitrogen and oxygen atoms in total. The van der Waals surface area contributed by atoms with Crippen LogP contribution in [0.1, 0.15) is 44.1 Å². The number of nitrogens with one attached hydrogen (secondary N) is 3. The number of anilines is 2. The van der Waals surface area contributed by atoms with Gasteiger partial charge in [-0.25, -0.2) is 4.98 Å². The zero-order chi connectivity index (χ0) is 20.6. The van der Waals surface area contributed by atoms with Crippen molar-refractivity contribution >= 4 is 23.3 Å². The van der Waals surface area contributed by atoms with Gasteiger partial charge in [0.1, 0.15) is 17.3 Å². The molecule has 0 bridgehead atoms. The van der Waals surface area contributed by atoms with Gasteiger partial charge in [0.25, 0.3) is 5.91 Å². The Labute approximate surface area is 173 Å². The van der Waals surface area contributed by atoms with Crippen molar-refractivity contribution in [3.63, 3.8) is 0 Å². The molecule has 8 heteroatoms. The van der Waals surface area contributed by atoms with Gasteiger partial charge in [-0.15, -0.1) is 0 Å². The van der Waals surface area contributed by atoms with Gasteiger partial charge in [-0.3, -0.25) is 10.2 Å². The maximum atomic E-state index is 12.7. The van der Waals surface area contributed by atoms with Crippen LogP contribution >= 0.6 is 0 Å². The summed E-state index contributed by atoms with van der Waals surface area (Å²) in [6.45, 7) is 4.55. The van der Waals surface area contributed by atoms with Crippen LogP contribution < -0.4 is 15.5 Å². The fourth-order valence-corrected chi connectivity index (χ4v) is 4.14. The van der Waals surface area contributed by atoms with Crippen LogP contribution in [0.15, 0.2) is 12.1 Å². The Morgan fingerprint density at radius 3 is 2.48 bits per heavy atom. The number of nitrogens with zero attached hydrogens (tertiary/aromatic N) is 3. The van der Waals surface area contributed by atoms with Crippen LogP contribution in [0, 0.1) is 5.41 Å². The van der Waals surface area contributed by atoms with Gasteiger partial charge in [0, 0.05) is 51.4 Å². The molecule has 0 radical (unpaired) electrons. The van der Waals surface area contributed by atoms with E-state index in [1.165, 1.54) is 25.7 Å². The number of piperidine rings is 1. The van der Waals surface area contributed by atoms with Crippen molar-refractivity contribution in [3.8, 4) is 0 Å². The number of β-amino-alcohol motifs (C(OH)–C–C–N with tert-alkyl or cyclic N) is 1. The van der Waals surface area contributed by atoms with E-state index in [1.54, 1.807) is 7.05 Å². The molecule has 1 aromatic rings. The van der Waals surface area contributed by atoms with Crippen LogP contribution in [0.25, 0.3) is 0 Å². The lowest BCUT2D eigenvalue weighted by Gasteiger charge is -2.31. The number of carbonyl (C=O) groups excluding carboxylic acids is 1. The molecule has 0 spiro atoms. The summed E-state index contributed by atoms with van der Waals surface area (Å²) in [6.07, 6.45) is 6.55. The fraction of sp³-hybridized carbons (Fsp3) is 0.667. The van der Waals surface area contributed by atoms with E-state index in [-0.39, 0.29) is 24.3 Å². The second-order valence-corrected chi connectivity index (χ2v) is 7.90. The number of pyridine rings is 1. The van der Waals surface area contributed by atoms with Gasteiger partial charge in [0.2, 0.25) is 0 Å². The molecule has 2 aliphatic heterocycles. The highest BCUT2D eigenvalue weighted by Gasteiger charge is 2.24. The van der Waals surface area contributed by atoms with Gasteiger partial charge in [-0.1, -0.05) is 12.8 Å². The van der Waals surface area contributed by atoms with Crippen molar-refractivity contribution < 1.29 is 9.90 Å². The second kappa shape index (κ2) is 10.5. The lowest BCUT2D eigenvalue weighted by atomic mass is 10.0.